The van der Waals surface area contributed by atoms with Crippen molar-refractivity contribution < 1.29 is 14.3 Å². The maximum absolute atomic E-state index is 12.8. The number of aryl methyl sites for hydroxylation is 1. The first-order valence-electron chi connectivity index (χ1n) is 8.58. The minimum atomic E-state index is -0.310. The molecule has 0 saturated carbocycles. The van der Waals surface area contributed by atoms with Gasteiger partial charge in [-0.1, -0.05) is 0 Å². The van der Waals surface area contributed by atoms with Gasteiger partial charge in [0.25, 0.3) is 5.91 Å². The van der Waals surface area contributed by atoms with Gasteiger partial charge < -0.3 is 18.9 Å². The molecule has 0 atom stereocenters. The van der Waals surface area contributed by atoms with Gasteiger partial charge in [-0.25, -0.2) is 4.98 Å². The molecule has 4 heterocycles. The molecule has 0 radical (unpaired) electrons. The van der Waals surface area contributed by atoms with E-state index in [0.29, 0.717) is 25.3 Å². The minimum absolute atomic E-state index is 0.0177. The Bertz CT molecular complexity index is 836. The Morgan fingerprint density at radius 2 is 2.08 bits per heavy atom. The molecule has 132 valence electrons. The van der Waals surface area contributed by atoms with E-state index in [4.69, 9.17) is 4.74 Å². The third kappa shape index (κ3) is 2.89. The monoisotopic (exact) mass is 342 g/mol. The summed E-state index contributed by atoms with van der Waals surface area (Å²) in [6.07, 6.45) is 5.18. The van der Waals surface area contributed by atoms with Crippen LogP contribution < -0.4 is 0 Å². The third-order valence-corrected chi connectivity index (χ3v) is 5.25. The highest BCUT2D eigenvalue weighted by atomic mass is 16.5. The molecule has 0 N–H and O–H groups in total. The van der Waals surface area contributed by atoms with Crippen molar-refractivity contribution in [3.63, 3.8) is 0 Å². The van der Waals surface area contributed by atoms with Crippen LogP contribution in [-0.4, -0.2) is 69.9 Å². The van der Waals surface area contributed by atoms with E-state index in [2.05, 4.69) is 4.98 Å². The predicted molar refractivity (Wildman–Crippen MR) is 91.4 cm³/mol. The van der Waals surface area contributed by atoms with E-state index in [9.17, 15) is 9.59 Å². The van der Waals surface area contributed by atoms with Crippen LogP contribution >= 0.6 is 0 Å². The van der Waals surface area contributed by atoms with E-state index in [1.165, 1.54) is 0 Å². The average Bonchev–Trinajstić information content (AvgIpc) is 3.02. The topological polar surface area (TPSA) is 67.2 Å². The predicted octanol–water partition coefficient (Wildman–Crippen LogP) is 1.11. The van der Waals surface area contributed by atoms with Crippen LogP contribution in [0.3, 0.4) is 0 Å². The molecule has 0 aromatic carbocycles. The fraction of sp³-hybridized carbons (Fsp3) is 0.500. The third-order valence-electron chi connectivity index (χ3n) is 5.25. The fourth-order valence-corrected chi connectivity index (χ4v) is 3.66. The number of likely N-dealkylation sites (tertiary alicyclic amines) is 1. The highest BCUT2D eigenvalue weighted by Gasteiger charge is 2.42. The second-order valence-corrected chi connectivity index (χ2v) is 7.11. The van der Waals surface area contributed by atoms with Crippen molar-refractivity contribution in [1.82, 2.24) is 19.2 Å². The molecular formula is C18H22N4O3. The molecule has 0 unspecified atom stereocenters. The zero-order chi connectivity index (χ0) is 17.6. The molecule has 4 rings (SSSR count). The van der Waals surface area contributed by atoms with Crippen molar-refractivity contribution in [1.29, 1.82) is 0 Å². The Morgan fingerprint density at radius 1 is 1.32 bits per heavy atom. The van der Waals surface area contributed by atoms with Crippen molar-refractivity contribution >= 4 is 17.5 Å². The van der Waals surface area contributed by atoms with Gasteiger partial charge in [0.2, 0.25) is 5.91 Å². The molecule has 2 amide bonds. The largest absolute Gasteiger partial charge is 0.363 e. The lowest BCUT2D eigenvalue weighted by atomic mass is 9.89. The number of hydrogen-bond donors (Lipinski definition) is 0. The summed E-state index contributed by atoms with van der Waals surface area (Å²) in [4.78, 5) is 32.4. The molecule has 0 bridgehead atoms. The Labute approximate surface area is 146 Å². The molecule has 2 fully saturated rings. The Kier molecular flexibility index (Phi) is 3.76. The number of aromatic nitrogens is 2. The van der Waals surface area contributed by atoms with Crippen LogP contribution in [0.2, 0.25) is 0 Å². The first kappa shape index (κ1) is 16.1. The van der Waals surface area contributed by atoms with Crippen LogP contribution in [0.5, 0.6) is 0 Å². The number of amides is 2. The lowest BCUT2D eigenvalue weighted by Gasteiger charge is -2.46. The first-order chi connectivity index (χ1) is 12.0. The standard InChI is InChI=1S/C18H22N4O3/c1-13-3-6-22-10-14(19-15(22)9-13)17(24)21-7-4-18(5-8-21)12-20(2)16(23)11-25-18/h3,6,9-10H,4-5,7-8,11-12H2,1-2H3. The zero-order valence-corrected chi connectivity index (χ0v) is 14.6. The zero-order valence-electron chi connectivity index (χ0n) is 14.6. The molecule has 25 heavy (non-hydrogen) atoms. The number of morpholine rings is 1. The number of piperidine rings is 1. The van der Waals surface area contributed by atoms with Crippen LogP contribution in [0.25, 0.3) is 5.65 Å². The second-order valence-electron chi connectivity index (χ2n) is 7.11. The van der Waals surface area contributed by atoms with Crippen molar-refractivity contribution in [3.8, 4) is 0 Å². The molecule has 2 aromatic heterocycles. The quantitative estimate of drug-likeness (QED) is 0.778. The van der Waals surface area contributed by atoms with Gasteiger partial charge in [-0.2, -0.15) is 0 Å². The SMILES string of the molecule is Cc1ccn2cc(C(=O)N3CCC4(CC3)CN(C)C(=O)CO4)nc2c1. The number of imidazole rings is 1. The van der Waals surface area contributed by atoms with Gasteiger partial charge in [0.05, 0.1) is 5.60 Å². The lowest BCUT2D eigenvalue weighted by molar-refractivity contribution is -0.167. The average molecular weight is 342 g/mol. The summed E-state index contributed by atoms with van der Waals surface area (Å²) in [6, 6.07) is 3.95. The van der Waals surface area contributed by atoms with Gasteiger partial charge in [-0.15, -0.1) is 0 Å². The van der Waals surface area contributed by atoms with Gasteiger partial charge in [-0.3, -0.25) is 9.59 Å². The second kappa shape index (κ2) is 5.84. The van der Waals surface area contributed by atoms with Gasteiger partial charge in [0.15, 0.2) is 0 Å². The number of likely N-dealkylation sites (N-methyl/N-ethyl adjacent to an activating group) is 1. The minimum Gasteiger partial charge on any atom is -0.363 e. The van der Waals surface area contributed by atoms with Crippen LogP contribution in [0.4, 0.5) is 0 Å². The summed E-state index contributed by atoms with van der Waals surface area (Å²) in [5.41, 5.74) is 2.06. The molecule has 7 nitrogen and oxygen atoms in total. The van der Waals surface area contributed by atoms with E-state index >= 15 is 0 Å². The number of carbonyl (C=O) groups is 2. The van der Waals surface area contributed by atoms with Gasteiger partial charge >= 0.3 is 0 Å². The van der Waals surface area contributed by atoms with Crippen molar-refractivity contribution in [3.05, 3.63) is 35.8 Å². The van der Waals surface area contributed by atoms with Crippen molar-refractivity contribution in [2.45, 2.75) is 25.4 Å². The highest BCUT2D eigenvalue weighted by molar-refractivity contribution is 5.93. The molecule has 2 saturated heterocycles. The maximum Gasteiger partial charge on any atom is 0.274 e. The van der Waals surface area contributed by atoms with Gasteiger partial charge in [-0.05, 0) is 37.5 Å². The molecule has 2 aromatic rings. The summed E-state index contributed by atoms with van der Waals surface area (Å²) < 4.78 is 7.71. The van der Waals surface area contributed by atoms with E-state index < -0.39 is 0 Å². The van der Waals surface area contributed by atoms with Crippen molar-refractivity contribution in [2.24, 2.45) is 0 Å². The number of carbonyl (C=O) groups excluding carboxylic acids is 2. The van der Waals surface area contributed by atoms with E-state index in [0.717, 1.165) is 24.1 Å². The number of rotatable bonds is 1. The van der Waals surface area contributed by atoms with Gasteiger partial charge in [0.1, 0.15) is 17.9 Å². The Hall–Kier alpha value is -2.41. The molecule has 7 heteroatoms. The number of fused-ring (bicyclic) bond motifs is 1. The molecular weight excluding hydrogens is 320 g/mol. The van der Waals surface area contributed by atoms with Crippen LogP contribution in [0.15, 0.2) is 24.5 Å². The summed E-state index contributed by atoms with van der Waals surface area (Å²) in [5.74, 6) is -0.0273. The van der Waals surface area contributed by atoms with Crippen molar-refractivity contribution in [2.75, 3.05) is 33.3 Å². The number of ether oxygens (including phenoxy) is 1. The summed E-state index contributed by atoms with van der Waals surface area (Å²) in [6.45, 7) is 3.98. The first-order valence-corrected chi connectivity index (χ1v) is 8.58. The molecule has 2 aliphatic heterocycles. The summed E-state index contributed by atoms with van der Waals surface area (Å²) in [7, 11) is 1.81. The Balaban J connectivity index is 1.46. The van der Waals surface area contributed by atoms with E-state index in [-0.39, 0.29) is 24.0 Å². The van der Waals surface area contributed by atoms with Crippen LogP contribution in [0.1, 0.15) is 28.9 Å². The van der Waals surface area contributed by atoms with Crippen LogP contribution in [0, 0.1) is 6.92 Å². The number of hydrogen-bond acceptors (Lipinski definition) is 4. The molecule has 2 aliphatic rings. The van der Waals surface area contributed by atoms with Gasteiger partial charge in [0, 0.05) is 39.1 Å². The smallest absolute Gasteiger partial charge is 0.274 e. The molecule has 0 aliphatic carbocycles. The van der Waals surface area contributed by atoms with E-state index in [1.807, 2.05) is 41.6 Å². The fourth-order valence-electron chi connectivity index (χ4n) is 3.66. The summed E-state index contributed by atoms with van der Waals surface area (Å²) in [5, 5.41) is 0. The number of pyridine rings is 1. The highest BCUT2D eigenvalue weighted by Crippen LogP contribution is 2.30. The Morgan fingerprint density at radius 3 is 2.80 bits per heavy atom. The van der Waals surface area contributed by atoms with E-state index in [1.54, 1.807) is 11.1 Å². The summed E-state index contributed by atoms with van der Waals surface area (Å²) >= 11 is 0. The lowest BCUT2D eigenvalue weighted by Crippen LogP contribution is -2.58. The van der Waals surface area contributed by atoms with Crippen LogP contribution in [-0.2, 0) is 9.53 Å². The maximum atomic E-state index is 12.8. The number of nitrogens with zero attached hydrogens (tertiary/aromatic N) is 4. The normalized spacial score (nSPS) is 20.5. The molecule has 1 spiro atoms.